The lowest BCUT2D eigenvalue weighted by atomic mass is 10.0. The van der Waals surface area contributed by atoms with Crippen molar-refractivity contribution in [3.63, 3.8) is 0 Å². The Bertz CT molecular complexity index is 1020. The van der Waals surface area contributed by atoms with Crippen LogP contribution in [0.2, 0.25) is 0 Å². The minimum atomic E-state index is -0.456. The molecule has 0 radical (unpaired) electrons. The molecule has 30 heavy (non-hydrogen) atoms. The van der Waals surface area contributed by atoms with E-state index < -0.39 is 4.75 Å². The molecule has 7 heteroatoms. The number of benzene rings is 1. The molecular formula is C23H32N2O4S. The van der Waals surface area contributed by atoms with Gasteiger partial charge in [0.15, 0.2) is 0 Å². The van der Waals surface area contributed by atoms with Crippen LogP contribution in [0, 0.1) is 0 Å². The monoisotopic (exact) mass is 432 g/mol. The average Bonchev–Trinajstić information content (AvgIpc) is 2.73. The van der Waals surface area contributed by atoms with E-state index in [4.69, 9.17) is 0 Å². The molecule has 6 nitrogen and oxygen atoms in total. The molecule has 2 heterocycles. The van der Waals surface area contributed by atoms with Gasteiger partial charge in [0.1, 0.15) is 5.78 Å². The summed E-state index contributed by atoms with van der Waals surface area (Å²) in [7, 11) is 0. The minimum Gasteiger partial charge on any atom is -0.412 e. The van der Waals surface area contributed by atoms with Gasteiger partial charge in [-0.1, -0.05) is 32.0 Å². The molecule has 0 aliphatic rings. The van der Waals surface area contributed by atoms with E-state index in [9.17, 15) is 9.59 Å². The molecule has 3 rings (SSSR count). The summed E-state index contributed by atoms with van der Waals surface area (Å²) < 4.78 is 1.21. The van der Waals surface area contributed by atoms with Crippen LogP contribution < -0.4 is 5.56 Å². The summed E-state index contributed by atoms with van der Waals surface area (Å²) in [5.41, 5.74) is 2.69. The Morgan fingerprint density at radius 2 is 1.77 bits per heavy atom. The van der Waals surface area contributed by atoms with Crippen LogP contribution in [0.25, 0.3) is 22.0 Å². The molecule has 0 aliphatic heterocycles. The zero-order valence-corrected chi connectivity index (χ0v) is 19.0. The SMILES string of the molecule is CC.CSC(C)(CCn1ccc(-c2ccc3cccnc3c2)cc1=O)C(C)=O.O.O. The Balaban J connectivity index is 0.00000204. The van der Waals surface area contributed by atoms with E-state index in [0.717, 1.165) is 22.0 Å². The molecule has 1 atom stereocenters. The van der Waals surface area contributed by atoms with E-state index in [0.29, 0.717) is 13.0 Å². The Kier molecular flexibility index (Phi) is 11.3. The van der Waals surface area contributed by atoms with Crippen molar-refractivity contribution in [3.05, 3.63) is 65.2 Å². The molecule has 2 aromatic heterocycles. The highest BCUT2D eigenvalue weighted by Gasteiger charge is 2.28. The van der Waals surface area contributed by atoms with Crippen LogP contribution in [0.4, 0.5) is 0 Å². The number of pyridine rings is 2. The molecular weight excluding hydrogens is 400 g/mol. The largest absolute Gasteiger partial charge is 0.412 e. The van der Waals surface area contributed by atoms with E-state index >= 15 is 0 Å². The van der Waals surface area contributed by atoms with Gasteiger partial charge in [0.2, 0.25) is 0 Å². The van der Waals surface area contributed by atoms with Crippen LogP contribution in [-0.4, -0.2) is 37.3 Å². The number of rotatable bonds is 6. The second-order valence-corrected chi connectivity index (χ2v) is 7.91. The number of fused-ring (bicyclic) bond motifs is 1. The number of ketones is 1. The van der Waals surface area contributed by atoms with Gasteiger partial charge in [-0.3, -0.25) is 14.6 Å². The van der Waals surface area contributed by atoms with E-state index in [1.54, 1.807) is 30.0 Å². The molecule has 1 aromatic carbocycles. The molecule has 1 unspecified atom stereocenters. The first-order valence-electron chi connectivity index (χ1n) is 9.55. The predicted octanol–water partition coefficient (Wildman–Crippen LogP) is 3.54. The lowest BCUT2D eigenvalue weighted by Gasteiger charge is -2.24. The fourth-order valence-corrected chi connectivity index (χ4v) is 3.46. The zero-order chi connectivity index (χ0) is 20.7. The van der Waals surface area contributed by atoms with Gasteiger partial charge in [-0.15, -0.1) is 0 Å². The van der Waals surface area contributed by atoms with Crippen molar-refractivity contribution in [2.24, 2.45) is 0 Å². The highest BCUT2D eigenvalue weighted by Crippen LogP contribution is 2.28. The molecule has 4 N–H and O–H groups in total. The van der Waals surface area contributed by atoms with Crippen LogP contribution in [0.3, 0.4) is 0 Å². The Hall–Kier alpha value is -2.48. The van der Waals surface area contributed by atoms with Crippen LogP contribution in [0.1, 0.15) is 34.1 Å². The molecule has 0 fully saturated rings. The summed E-state index contributed by atoms with van der Waals surface area (Å²) in [5, 5.41) is 1.07. The van der Waals surface area contributed by atoms with E-state index in [1.165, 1.54) is 11.8 Å². The summed E-state index contributed by atoms with van der Waals surface area (Å²) >= 11 is 1.53. The van der Waals surface area contributed by atoms with Gasteiger partial charge in [-0.05, 0) is 55.9 Å². The Labute approximate surface area is 182 Å². The number of nitrogens with zero attached hydrogens (tertiary/aromatic N) is 2. The van der Waals surface area contributed by atoms with Gasteiger partial charge < -0.3 is 15.5 Å². The van der Waals surface area contributed by atoms with E-state index in [1.807, 2.05) is 63.4 Å². The first kappa shape index (κ1) is 27.5. The lowest BCUT2D eigenvalue weighted by Crippen LogP contribution is -2.32. The number of Topliss-reactive ketones (excluding diaryl/α,β-unsaturated/α-hetero) is 1. The van der Waals surface area contributed by atoms with Crippen molar-refractivity contribution in [1.82, 2.24) is 9.55 Å². The third-order valence-electron chi connectivity index (χ3n) is 4.96. The normalized spacial score (nSPS) is 11.9. The fourth-order valence-electron chi connectivity index (χ4n) is 2.87. The van der Waals surface area contributed by atoms with Crippen molar-refractivity contribution >= 4 is 28.4 Å². The fraction of sp³-hybridized carbons (Fsp3) is 0.348. The third-order valence-corrected chi connectivity index (χ3v) is 6.35. The number of hydrogen-bond acceptors (Lipinski definition) is 4. The second kappa shape index (κ2) is 12.3. The van der Waals surface area contributed by atoms with Crippen molar-refractivity contribution < 1.29 is 15.7 Å². The molecule has 0 saturated heterocycles. The van der Waals surface area contributed by atoms with Crippen LogP contribution in [-0.2, 0) is 11.3 Å². The maximum Gasteiger partial charge on any atom is 0.251 e. The Morgan fingerprint density at radius 1 is 1.10 bits per heavy atom. The number of aromatic nitrogens is 2. The maximum absolute atomic E-state index is 12.5. The van der Waals surface area contributed by atoms with Gasteiger partial charge in [0, 0.05) is 30.4 Å². The molecule has 0 bridgehead atoms. The first-order chi connectivity index (χ1) is 13.4. The number of carbonyl (C=O) groups is 1. The molecule has 3 aromatic rings. The molecule has 0 spiro atoms. The van der Waals surface area contributed by atoms with Crippen LogP contribution in [0.5, 0.6) is 0 Å². The summed E-state index contributed by atoms with van der Waals surface area (Å²) in [5.74, 6) is 0.137. The lowest BCUT2D eigenvalue weighted by molar-refractivity contribution is -0.119. The summed E-state index contributed by atoms with van der Waals surface area (Å²) in [4.78, 5) is 28.7. The molecule has 0 saturated carbocycles. The zero-order valence-electron chi connectivity index (χ0n) is 18.2. The van der Waals surface area contributed by atoms with Crippen LogP contribution >= 0.6 is 11.8 Å². The quantitative estimate of drug-likeness (QED) is 0.592. The van der Waals surface area contributed by atoms with Gasteiger partial charge in [0.25, 0.3) is 5.56 Å². The summed E-state index contributed by atoms with van der Waals surface area (Å²) in [6.45, 7) is 8.06. The minimum absolute atomic E-state index is 0. The first-order valence-corrected chi connectivity index (χ1v) is 10.8. The van der Waals surface area contributed by atoms with Crippen molar-refractivity contribution in [1.29, 1.82) is 0 Å². The average molecular weight is 433 g/mol. The van der Waals surface area contributed by atoms with Crippen molar-refractivity contribution in [3.8, 4) is 11.1 Å². The van der Waals surface area contributed by atoms with Crippen LogP contribution in [0.15, 0.2) is 59.7 Å². The highest BCUT2D eigenvalue weighted by molar-refractivity contribution is 8.00. The van der Waals surface area contributed by atoms with Crippen molar-refractivity contribution in [2.75, 3.05) is 6.26 Å². The standard InChI is InChI=1S/C21H22N2O2S.C2H6.2H2O/c1-15(24)21(2,26-3)9-12-23-11-8-18(14-20(23)25)17-7-6-16-5-4-10-22-19(16)13-17;1-2;;/h4-8,10-11,13-14H,9,12H2,1-3H3;1-2H3;2*1H2. The molecule has 0 aliphatic carbocycles. The highest BCUT2D eigenvalue weighted by atomic mass is 32.2. The topological polar surface area (TPSA) is 115 Å². The van der Waals surface area contributed by atoms with Gasteiger partial charge >= 0.3 is 0 Å². The van der Waals surface area contributed by atoms with E-state index in [-0.39, 0.29) is 22.3 Å². The van der Waals surface area contributed by atoms with Gasteiger partial charge in [-0.2, -0.15) is 11.8 Å². The molecule has 0 amide bonds. The number of carbonyl (C=O) groups excluding carboxylic acids is 1. The van der Waals surface area contributed by atoms with E-state index in [2.05, 4.69) is 4.98 Å². The summed E-state index contributed by atoms with van der Waals surface area (Å²) in [6, 6.07) is 13.5. The smallest absolute Gasteiger partial charge is 0.251 e. The summed E-state index contributed by atoms with van der Waals surface area (Å²) in [6.07, 6.45) is 6.13. The van der Waals surface area contributed by atoms with Gasteiger partial charge in [-0.25, -0.2) is 0 Å². The number of aryl methyl sites for hydroxylation is 1. The maximum atomic E-state index is 12.5. The molecule has 164 valence electrons. The third kappa shape index (κ3) is 6.26. The second-order valence-electron chi connectivity index (χ2n) is 6.60. The van der Waals surface area contributed by atoms with Gasteiger partial charge in [0.05, 0.1) is 10.3 Å². The number of hydrogen-bond donors (Lipinski definition) is 0. The Morgan fingerprint density at radius 3 is 2.37 bits per heavy atom. The van der Waals surface area contributed by atoms with Crippen molar-refractivity contribution in [2.45, 2.75) is 45.4 Å². The predicted molar refractivity (Wildman–Crippen MR) is 127 cm³/mol. The number of thioether (sulfide) groups is 1.